The van der Waals surface area contributed by atoms with Crippen molar-refractivity contribution in [2.24, 2.45) is 0 Å². The van der Waals surface area contributed by atoms with E-state index in [0.29, 0.717) is 31.6 Å². The minimum absolute atomic E-state index is 0.0364. The Kier molecular flexibility index (Phi) is 9.27. The summed E-state index contributed by atoms with van der Waals surface area (Å²) in [6.45, 7) is 7.32. The zero-order valence-corrected chi connectivity index (χ0v) is 24.0. The van der Waals surface area contributed by atoms with E-state index in [2.05, 4.69) is 53.4 Å². The van der Waals surface area contributed by atoms with E-state index in [9.17, 15) is 9.59 Å². The number of benzene rings is 4. The quantitative estimate of drug-likeness (QED) is 0.240. The maximum absolute atomic E-state index is 13.8. The molecule has 0 radical (unpaired) electrons. The molecule has 2 amide bonds. The van der Waals surface area contributed by atoms with Crippen molar-refractivity contribution < 1.29 is 9.59 Å². The van der Waals surface area contributed by atoms with Crippen molar-refractivity contribution in [3.63, 3.8) is 0 Å². The second-order valence-electron chi connectivity index (χ2n) is 10.8. The van der Waals surface area contributed by atoms with Crippen molar-refractivity contribution in [2.75, 3.05) is 32.7 Å². The van der Waals surface area contributed by atoms with Crippen molar-refractivity contribution in [1.29, 1.82) is 0 Å². The Morgan fingerprint density at radius 3 is 1.71 bits per heavy atom. The van der Waals surface area contributed by atoms with E-state index < -0.39 is 0 Å². The third kappa shape index (κ3) is 6.75. The highest BCUT2D eigenvalue weighted by atomic mass is 16.2. The summed E-state index contributed by atoms with van der Waals surface area (Å²) in [6.07, 6.45) is 0.301. The van der Waals surface area contributed by atoms with E-state index in [-0.39, 0.29) is 23.9 Å². The molecule has 0 spiro atoms. The first-order valence-corrected chi connectivity index (χ1v) is 14.6. The largest absolute Gasteiger partial charge is 0.340 e. The lowest BCUT2D eigenvalue weighted by Gasteiger charge is -2.40. The molecule has 0 bridgehead atoms. The summed E-state index contributed by atoms with van der Waals surface area (Å²) >= 11 is 0. The molecule has 5 rings (SSSR count). The number of aryl methyl sites for hydroxylation is 1. The molecule has 0 aromatic heterocycles. The fraction of sp³-hybridized carbons (Fsp3) is 0.278. The lowest BCUT2D eigenvalue weighted by molar-refractivity contribution is -0.133. The molecule has 1 heterocycles. The van der Waals surface area contributed by atoms with Gasteiger partial charge >= 0.3 is 0 Å². The first-order chi connectivity index (χ1) is 20.0. The van der Waals surface area contributed by atoms with Crippen LogP contribution >= 0.6 is 0 Å². The van der Waals surface area contributed by atoms with Gasteiger partial charge in [-0.3, -0.25) is 14.5 Å². The first-order valence-electron chi connectivity index (χ1n) is 14.6. The Balaban J connectivity index is 1.26. The number of carbonyl (C=O) groups excluding carboxylic acids is 2. The molecule has 210 valence electrons. The van der Waals surface area contributed by atoms with Gasteiger partial charge in [0.2, 0.25) is 5.91 Å². The molecule has 4 aromatic rings. The number of hydrogen-bond acceptors (Lipinski definition) is 3. The van der Waals surface area contributed by atoms with Gasteiger partial charge in [-0.15, -0.1) is 0 Å². The highest BCUT2D eigenvalue weighted by molar-refractivity contribution is 5.96. The smallest absolute Gasteiger partial charge is 0.254 e. The van der Waals surface area contributed by atoms with E-state index in [1.54, 1.807) is 0 Å². The lowest BCUT2D eigenvalue weighted by atomic mass is 9.96. The summed E-state index contributed by atoms with van der Waals surface area (Å²) < 4.78 is 0. The summed E-state index contributed by atoms with van der Waals surface area (Å²) in [7, 11) is 0. The van der Waals surface area contributed by atoms with Crippen LogP contribution in [0.15, 0.2) is 115 Å². The van der Waals surface area contributed by atoms with Gasteiger partial charge in [-0.1, -0.05) is 109 Å². The van der Waals surface area contributed by atoms with Gasteiger partial charge in [-0.25, -0.2) is 0 Å². The Bertz CT molecular complexity index is 1380. The van der Waals surface area contributed by atoms with Gasteiger partial charge in [-0.05, 0) is 42.2 Å². The fourth-order valence-corrected chi connectivity index (χ4v) is 5.84. The summed E-state index contributed by atoms with van der Waals surface area (Å²) in [5.41, 5.74) is 5.21. The van der Waals surface area contributed by atoms with Crippen molar-refractivity contribution in [3.05, 3.63) is 143 Å². The van der Waals surface area contributed by atoms with Crippen LogP contribution in [0.2, 0.25) is 0 Å². The normalized spacial score (nSPS) is 14.6. The molecule has 5 heteroatoms. The van der Waals surface area contributed by atoms with Gasteiger partial charge in [0.15, 0.2) is 0 Å². The lowest BCUT2D eigenvalue weighted by Crippen LogP contribution is -2.50. The SMILES string of the molecule is Cc1ccccc1C(=O)N(CCC(=O)N1CCN(C(c2ccccc2)c2ccccc2)CC1)C(C)c1ccccc1. The molecule has 0 saturated carbocycles. The summed E-state index contributed by atoms with van der Waals surface area (Å²) in [6, 6.07) is 38.9. The maximum atomic E-state index is 13.8. The van der Waals surface area contributed by atoms with Crippen molar-refractivity contribution in [2.45, 2.75) is 32.4 Å². The van der Waals surface area contributed by atoms with Crippen LogP contribution in [0, 0.1) is 6.92 Å². The van der Waals surface area contributed by atoms with Crippen LogP contribution in [0.1, 0.15) is 58.0 Å². The Labute approximate surface area is 244 Å². The van der Waals surface area contributed by atoms with Crippen molar-refractivity contribution >= 4 is 11.8 Å². The fourth-order valence-electron chi connectivity index (χ4n) is 5.84. The Hall–Kier alpha value is -4.22. The highest BCUT2D eigenvalue weighted by Gasteiger charge is 2.29. The molecule has 1 atom stereocenters. The topological polar surface area (TPSA) is 43.9 Å². The number of rotatable bonds is 9. The average Bonchev–Trinajstić information content (AvgIpc) is 3.03. The van der Waals surface area contributed by atoms with Gasteiger partial charge in [0.25, 0.3) is 5.91 Å². The van der Waals surface area contributed by atoms with Crippen molar-refractivity contribution in [3.8, 4) is 0 Å². The number of piperazine rings is 1. The van der Waals surface area contributed by atoms with Crippen LogP contribution in [-0.2, 0) is 4.79 Å². The monoisotopic (exact) mass is 545 g/mol. The molecule has 41 heavy (non-hydrogen) atoms. The molecule has 0 aliphatic carbocycles. The maximum Gasteiger partial charge on any atom is 0.254 e. The Morgan fingerprint density at radius 1 is 0.683 bits per heavy atom. The van der Waals surface area contributed by atoms with E-state index in [1.807, 2.05) is 90.4 Å². The first kappa shape index (κ1) is 28.3. The third-order valence-corrected chi connectivity index (χ3v) is 8.22. The van der Waals surface area contributed by atoms with Gasteiger partial charge in [0.1, 0.15) is 0 Å². The number of nitrogens with zero attached hydrogens (tertiary/aromatic N) is 3. The molecule has 1 unspecified atom stereocenters. The molecule has 1 aliphatic rings. The predicted octanol–water partition coefficient (Wildman–Crippen LogP) is 6.52. The second-order valence-corrected chi connectivity index (χ2v) is 10.8. The number of carbonyl (C=O) groups is 2. The Morgan fingerprint density at radius 2 is 1.17 bits per heavy atom. The predicted molar refractivity (Wildman–Crippen MR) is 165 cm³/mol. The molecule has 1 saturated heterocycles. The van der Waals surface area contributed by atoms with Crippen LogP contribution in [0.25, 0.3) is 0 Å². The van der Waals surface area contributed by atoms with E-state index in [1.165, 1.54) is 11.1 Å². The van der Waals surface area contributed by atoms with E-state index in [4.69, 9.17) is 0 Å². The molecule has 4 aromatic carbocycles. The van der Waals surface area contributed by atoms with Gasteiger partial charge in [-0.2, -0.15) is 0 Å². The number of amides is 2. The minimum Gasteiger partial charge on any atom is -0.340 e. The van der Waals surface area contributed by atoms with Crippen LogP contribution < -0.4 is 0 Å². The minimum atomic E-state index is -0.148. The van der Waals surface area contributed by atoms with Gasteiger partial charge < -0.3 is 9.80 Å². The van der Waals surface area contributed by atoms with Crippen LogP contribution in [0.5, 0.6) is 0 Å². The van der Waals surface area contributed by atoms with Gasteiger partial charge in [0, 0.05) is 44.7 Å². The van der Waals surface area contributed by atoms with Crippen LogP contribution in [0.4, 0.5) is 0 Å². The third-order valence-electron chi connectivity index (χ3n) is 8.22. The van der Waals surface area contributed by atoms with E-state index >= 15 is 0 Å². The second kappa shape index (κ2) is 13.4. The summed E-state index contributed by atoms with van der Waals surface area (Å²) in [5, 5.41) is 0. The summed E-state index contributed by atoms with van der Waals surface area (Å²) in [4.78, 5) is 33.5. The zero-order valence-electron chi connectivity index (χ0n) is 24.0. The highest BCUT2D eigenvalue weighted by Crippen LogP contribution is 2.30. The molecular formula is C36H39N3O2. The van der Waals surface area contributed by atoms with Crippen LogP contribution in [0.3, 0.4) is 0 Å². The molecule has 5 nitrogen and oxygen atoms in total. The van der Waals surface area contributed by atoms with Crippen LogP contribution in [-0.4, -0.2) is 59.2 Å². The standard InChI is InChI=1S/C36H39N3O2/c1-28-14-12-13-21-33(28)36(41)39(29(2)30-15-6-3-7-16-30)23-22-34(40)37-24-26-38(27-25-37)35(31-17-8-4-9-18-31)32-19-10-5-11-20-32/h3-21,29,35H,22-27H2,1-2H3. The molecule has 1 fully saturated rings. The van der Waals surface area contributed by atoms with Gasteiger partial charge in [0.05, 0.1) is 12.1 Å². The molecular weight excluding hydrogens is 506 g/mol. The number of hydrogen-bond donors (Lipinski definition) is 0. The van der Waals surface area contributed by atoms with E-state index in [0.717, 1.165) is 24.2 Å². The van der Waals surface area contributed by atoms with Crippen molar-refractivity contribution in [1.82, 2.24) is 14.7 Å². The summed E-state index contributed by atoms with van der Waals surface area (Å²) in [5.74, 6) is 0.0640. The molecule has 1 aliphatic heterocycles. The average molecular weight is 546 g/mol. The molecule has 0 N–H and O–H groups in total. The zero-order chi connectivity index (χ0) is 28.6.